The molecule has 1 N–H and O–H groups in total. The van der Waals surface area contributed by atoms with Crippen LogP contribution in [-0.2, 0) is 11.2 Å². The van der Waals surface area contributed by atoms with Crippen molar-refractivity contribution in [1.29, 1.82) is 0 Å². The zero-order valence-corrected chi connectivity index (χ0v) is 10.7. The molecule has 3 nitrogen and oxygen atoms in total. The van der Waals surface area contributed by atoms with Crippen LogP contribution in [0.15, 0.2) is 48.8 Å². The van der Waals surface area contributed by atoms with Crippen LogP contribution in [0.1, 0.15) is 23.5 Å². The second-order valence-electron chi connectivity index (χ2n) is 4.94. The number of pyridine rings is 1. The van der Waals surface area contributed by atoms with E-state index in [9.17, 15) is 4.79 Å². The molecule has 1 atom stereocenters. The fraction of sp³-hybridized carbons (Fsp3) is 0.250. The molecule has 0 spiro atoms. The van der Waals surface area contributed by atoms with Crippen LogP contribution in [0.2, 0.25) is 0 Å². The van der Waals surface area contributed by atoms with Crippen LogP contribution >= 0.6 is 0 Å². The van der Waals surface area contributed by atoms with E-state index in [1.54, 1.807) is 12.4 Å². The molecule has 0 amide bonds. The van der Waals surface area contributed by atoms with Gasteiger partial charge in [-0.3, -0.25) is 9.78 Å². The number of hydrogen-bond acceptors (Lipinski definition) is 3. The Morgan fingerprint density at radius 3 is 2.84 bits per heavy atom. The Morgan fingerprint density at radius 2 is 2.00 bits per heavy atom. The number of anilines is 1. The highest BCUT2D eigenvalue weighted by Gasteiger charge is 2.23. The van der Waals surface area contributed by atoms with Gasteiger partial charge in [0, 0.05) is 43.4 Å². The second-order valence-corrected chi connectivity index (χ2v) is 4.94. The van der Waals surface area contributed by atoms with Gasteiger partial charge in [0.05, 0.1) is 0 Å². The first-order valence-electron chi connectivity index (χ1n) is 6.56. The Bertz CT molecular complexity index is 580. The van der Waals surface area contributed by atoms with Crippen molar-refractivity contribution >= 4 is 11.5 Å². The normalized spacial score (nSPS) is 16.7. The molecule has 1 aromatic carbocycles. The molecule has 1 aliphatic heterocycles. The summed E-state index contributed by atoms with van der Waals surface area (Å²) in [6.45, 7) is 0.863. The van der Waals surface area contributed by atoms with Crippen molar-refractivity contribution in [2.75, 3.05) is 11.9 Å². The predicted octanol–water partition coefficient (Wildman–Crippen LogP) is 2.79. The largest absolute Gasteiger partial charge is 0.384 e. The summed E-state index contributed by atoms with van der Waals surface area (Å²) >= 11 is 0. The van der Waals surface area contributed by atoms with Crippen molar-refractivity contribution < 1.29 is 4.79 Å². The Kier molecular flexibility index (Phi) is 3.27. The van der Waals surface area contributed by atoms with Crippen molar-refractivity contribution in [2.24, 2.45) is 0 Å². The van der Waals surface area contributed by atoms with Gasteiger partial charge in [0.2, 0.25) is 0 Å². The summed E-state index contributed by atoms with van der Waals surface area (Å²) < 4.78 is 0. The maximum Gasteiger partial charge on any atom is 0.137 e. The van der Waals surface area contributed by atoms with Gasteiger partial charge in [-0.1, -0.05) is 18.2 Å². The molecular weight excluding hydrogens is 236 g/mol. The molecule has 2 aromatic rings. The van der Waals surface area contributed by atoms with Gasteiger partial charge in [0.15, 0.2) is 0 Å². The molecule has 0 saturated heterocycles. The number of para-hydroxylation sites is 1. The van der Waals surface area contributed by atoms with E-state index in [4.69, 9.17) is 0 Å². The van der Waals surface area contributed by atoms with Crippen LogP contribution in [-0.4, -0.2) is 17.3 Å². The molecule has 1 aromatic heterocycles. The van der Waals surface area contributed by atoms with Crippen molar-refractivity contribution in [1.82, 2.24) is 4.98 Å². The second kappa shape index (κ2) is 5.22. The van der Waals surface area contributed by atoms with Crippen molar-refractivity contribution in [3.8, 4) is 0 Å². The van der Waals surface area contributed by atoms with Crippen LogP contribution < -0.4 is 5.32 Å². The molecule has 1 aliphatic rings. The third-order valence-corrected chi connectivity index (χ3v) is 3.56. The van der Waals surface area contributed by atoms with E-state index >= 15 is 0 Å². The van der Waals surface area contributed by atoms with Gasteiger partial charge in [-0.15, -0.1) is 0 Å². The van der Waals surface area contributed by atoms with Gasteiger partial charge >= 0.3 is 0 Å². The summed E-state index contributed by atoms with van der Waals surface area (Å²) in [5, 5.41) is 3.36. The summed E-state index contributed by atoms with van der Waals surface area (Å²) in [5.41, 5.74) is 3.48. The molecule has 0 saturated carbocycles. The first-order chi connectivity index (χ1) is 9.33. The van der Waals surface area contributed by atoms with Gasteiger partial charge in [-0.25, -0.2) is 0 Å². The fourth-order valence-electron chi connectivity index (χ4n) is 2.61. The minimum absolute atomic E-state index is 0.287. The SMILES string of the molecule is O=C(Cc1ccncc1)CC1CNc2ccccc21. The number of benzene rings is 1. The molecular formula is C16H16N2O. The number of carbonyl (C=O) groups is 1. The van der Waals surface area contributed by atoms with E-state index in [2.05, 4.69) is 22.4 Å². The Labute approximate surface area is 112 Å². The van der Waals surface area contributed by atoms with Crippen LogP contribution in [0, 0.1) is 0 Å². The Morgan fingerprint density at radius 1 is 1.21 bits per heavy atom. The summed E-state index contributed by atoms with van der Waals surface area (Å²) in [6.07, 6.45) is 4.57. The number of nitrogens with one attached hydrogen (secondary N) is 1. The summed E-state index contributed by atoms with van der Waals surface area (Å²) in [7, 11) is 0. The number of hydrogen-bond donors (Lipinski definition) is 1. The monoisotopic (exact) mass is 252 g/mol. The van der Waals surface area contributed by atoms with E-state index in [0.29, 0.717) is 18.8 Å². The predicted molar refractivity (Wildman–Crippen MR) is 75.2 cm³/mol. The van der Waals surface area contributed by atoms with Crippen molar-refractivity contribution in [2.45, 2.75) is 18.8 Å². The maximum atomic E-state index is 12.1. The highest BCUT2D eigenvalue weighted by molar-refractivity contribution is 5.82. The van der Waals surface area contributed by atoms with E-state index < -0.39 is 0 Å². The van der Waals surface area contributed by atoms with Crippen LogP contribution in [0.5, 0.6) is 0 Å². The lowest BCUT2D eigenvalue weighted by Gasteiger charge is -2.09. The van der Waals surface area contributed by atoms with Gasteiger partial charge in [0.1, 0.15) is 5.78 Å². The van der Waals surface area contributed by atoms with Gasteiger partial charge in [0.25, 0.3) is 0 Å². The Balaban J connectivity index is 1.65. The number of aromatic nitrogens is 1. The fourth-order valence-corrected chi connectivity index (χ4v) is 2.61. The maximum absolute atomic E-state index is 12.1. The summed E-state index contributed by atoms with van der Waals surface area (Å²) in [4.78, 5) is 16.1. The van der Waals surface area contributed by atoms with E-state index in [1.165, 1.54) is 11.3 Å². The third kappa shape index (κ3) is 2.65. The van der Waals surface area contributed by atoms with E-state index in [0.717, 1.165) is 12.1 Å². The lowest BCUT2D eigenvalue weighted by molar-refractivity contribution is -0.118. The topological polar surface area (TPSA) is 42.0 Å². The van der Waals surface area contributed by atoms with Gasteiger partial charge in [-0.2, -0.15) is 0 Å². The number of ketones is 1. The average Bonchev–Trinajstić information content (AvgIpc) is 2.83. The number of Topliss-reactive ketones (excluding diaryl/α,β-unsaturated/α-hetero) is 1. The summed E-state index contributed by atoms with van der Waals surface area (Å²) in [6, 6.07) is 12.0. The first kappa shape index (κ1) is 11.9. The Hall–Kier alpha value is -2.16. The van der Waals surface area contributed by atoms with E-state index in [-0.39, 0.29) is 5.78 Å². The minimum atomic E-state index is 0.287. The number of fused-ring (bicyclic) bond motifs is 1. The number of carbonyl (C=O) groups excluding carboxylic acids is 1. The quantitative estimate of drug-likeness (QED) is 0.909. The zero-order valence-electron chi connectivity index (χ0n) is 10.7. The van der Waals surface area contributed by atoms with Crippen molar-refractivity contribution in [3.05, 3.63) is 59.9 Å². The third-order valence-electron chi connectivity index (χ3n) is 3.56. The molecule has 3 rings (SSSR count). The molecule has 19 heavy (non-hydrogen) atoms. The average molecular weight is 252 g/mol. The standard InChI is InChI=1S/C16H16N2O/c19-14(9-12-5-7-17-8-6-12)10-13-11-18-16-4-2-1-3-15(13)16/h1-8,13,18H,9-11H2. The van der Waals surface area contributed by atoms with Crippen LogP contribution in [0.3, 0.4) is 0 Å². The van der Waals surface area contributed by atoms with E-state index in [1.807, 2.05) is 24.3 Å². The highest BCUT2D eigenvalue weighted by atomic mass is 16.1. The van der Waals surface area contributed by atoms with Gasteiger partial charge in [-0.05, 0) is 29.3 Å². The minimum Gasteiger partial charge on any atom is -0.384 e. The molecule has 0 fully saturated rings. The zero-order chi connectivity index (χ0) is 13.1. The highest BCUT2D eigenvalue weighted by Crippen LogP contribution is 2.33. The van der Waals surface area contributed by atoms with Crippen LogP contribution in [0.4, 0.5) is 5.69 Å². The molecule has 0 radical (unpaired) electrons. The van der Waals surface area contributed by atoms with Crippen molar-refractivity contribution in [3.63, 3.8) is 0 Å². The van der Waals surface area contributed by atoms with Gasteiger partial charge < -0.3 is 5.32 Å². The number of rotatable bonds is 4. The van der Waals surface area contributed by atoms with Crippen LogP contribution in [0.25, 0.3) is 0 Å². The lowest BCUT2D eigenvalue weighted by Crippen LogP contribution is -2.11. The summed E-state index contributed by atoms with van der Waals surface area (Å²) in [5.74, 6) is 0.597. The molecule has 1 unspecified atom stereocenters. The first-order valence-corrected chi connectivity index (χ1v) is 6.56. The lowest BCUT2D eigenvalue weighted by atomic mass is 9.94. The molecule has 96 valence electrons. The molecule has 3 heteroatoms. The number of nitrogens with zero attached hydrogens (tertiary/aromatic N) is 1. The smallest absolute Gasteiger partial charge is 0.137 e. The molecule has 0 bridgehead atoms. The molecule has 0 aliphatic carbocycles. The molecule has 2 heterocycles.